The molecule has 0 atom stereocenters. The molecule has 0 saturated heterocycles. The molecule has 1 aromatic carbocycles. The molecule has 1 rings (SSSR count). The molecule has 0 spiro atoms. The minimum Gasteiger partial charge on any atom is -0.479 e. The van der Waals surface area contributed by atoms with Crippen molar-refractivity contribution in [3.05, 3.63) is 35.9 Å². The third-order valence-corrected chi connectivity index (χ3v) is 2.13. The van der Waals surface area contributed by atoms with Crippen LogP contribution in [0.25, 0.3) is 0 Å². The number of carboxylic acids is 1. The molecule has 0 aromatic heterocycles. The summed E-state index contributed by atoms with van der Waals surface area (Å²) in [6.07, 6.45) is 1.67. The van der Waals surface area contributed by atoms with E-state index in [1.54, 1.807) is 0 Å². The molecule has 0 unspecified atom stereocenters. The van der Waals surface area contributed by atoms with Crippen molar-refractivity contribution in [2.45, 2.75) is 12.8 Å². The number of benzene rings is 1. The summed E-state index contributed by atoms with van der Waals surface area (Å²) >= 11 is 0. The minimum atomic E-state index is -1.14. The van der Waals surface area contributed by atoms with Gasteiger partial charge in [-0.1, -0.05) is 30.3 Å². The summed E-state index contributed by atoms with van der Waals surface area (Å²) < 4.78 is 0. The summed E-state index contributed by atoms with van der Waals surface area (Å²) in [7, 11) is 0. The maximum atomic E-state index is 11.1. The van der Waals surface area contributed by atoms with Gasteiger partial charge in [-0.2, -0.15) is 0 Å². The van der Waals surface area contributed by atoms with Crippen LogP contribution in [-0.2, 0) is 16.1 Å². The van der Waals surface area contributed by atoms with Crippen LogP contribution in [0.2, 0.25) is 0 Å². The molecule has 1 aromatic rings. The summed E-state index contributed by atoms with van der Waals surface area (Å²) in [5, 5.41) is 10.8. The van der Waals surface area contributed by atoms with Gasteiger partial charge in [0.15, 0.2) is 6.61 Å². The number of urea groups is 1. The molecule has 0 bridgehead atoms. The lowest BCUT2D eigenvalue weighted by Gasteiger charge is -2.06. The normalized spacial score (nSPS) is 9.78. The summed E-state index contributed by atoms with van der Waals surface area (Å²) in [6, 6.07) is 9.40. The zero-order valence-corrected chi connectivity index (χ0v) is 9.89. The first-order valence-corrected chi connectivity index (χ1v) is 5.60. The fourth-order valence-corrected chi connectivity index (χ4v) is 1.34. The monoisotopic (exact) mass is 252 g/mol. The van der Waals surface area contributed by atoms with Crippen LogP contribution in [0.3, 0.4) is 0 Å². The van der Waals surface area contributed by atoms with Crippen LogP contribution in [0.4, 0.5) is 4.79 Å². The van der Waals surface area contributed by atoms with Crippen molar-refractivity contribution in [3.8, 4) is 0 Å². The number of amides is 2. The maximum absolute atomic E-state index is 11.1. The van der Waals surface area contributed by atoms with Gasteiger partial charge in [0.2, 0.25) is 0 Å². The van der Waals surface area contributed by atoms with Crippen molar-refractivity contribution < 1.29 is 19.5 Å². The molecule has 0 aliphatic heterocycles. The van der Waals surface area contributed by atoms with Gasteiger partial charge >= 0.3 is 12.0 Å². The first kappa shape index (κ1) is 14.0. The molecule has 0 saturated carbocycles. The molecule has 98 valence electrons. The zero-order valence-electron chi connectivity index (χ0n) is 9.89. The van der Waals surface area contributed by atoms with Crippen LogP contribution in [0.1, 0.15) is 12.0 Å². The van der Waals surface area contributed by atoms with Crippen molar-refractivity contribution in [1.29, 1.82) is 0 Å². The number of carbonyl (C=O) groups excluding carboxylic acids is 1. The highest BCUT2D eigenvalue weighted by molar-refractivity contribution is 5.73. The van der Waals surface area contributed by atoms with Crippen molar-refractivity contribution in [2.75, 3.05) is 13.2 Å². The lowest BCUT2D eigenvalue weighted by molar-refractivity contribution is -0.144. The third kappa shape index (κ3) is 6.49. The molecule has 18 heavy (non-hydrogen) atoms. The largest absolute Gasteiger partial charge is 0.479 e. The first-order chi connectivity index (χ1) is 8.68. The van der Waals surface area contributed by atoms with Gasteiger partial charge in [-0.05, 0) is 18.4 Å². The second-order valence-corrected chi connectivity index (χ2v) is 3.63. The molecule has 0 heterocycles. The van der Waals surface area contributed by atoms with Crippen molar-refractivity contribution in [2.24, 2.45) is 0 Å². The van der Waals surface area contributed by atoms with Crippen molar-refractivity contribution >= 4 is 12.0 Å². The van der Waals surface area contributed by atoms with Gasteiger partial charge < -0.3 is 10.4 Å². The Bertz CT molecular complexity index is 381. The van der Waals surface area contributed by atoms with Crippen LogP contribution in [0.5, 0.6) is 0 Å². The Morgan fingerprint density at radius 2 is 1.94 bits per heavy atom. The number of hydrogen-bond acceptors (Lipinski definition) is 3. The molecule has 0 aliphatic rings. The van der Waals surface area contributed by atoms with E-state index in [0.29, 0.717) is 6.54 Å². The fraction of sp³-hybridized carbons (Fsp3) is 0.333. The SMILES string of the molecule is O=C(O)CONC(=O)NCCCc1ccccc1. The molecule has 6 nitrogen and oxygen atoms in total. The van der Waals surface area contributed by atoms with Gasteiger partial charge in [-0.3, -0.25) is 4.84 Å². The molecular weight excluding hydrogens is 236 g/mol. The highest BCUT2D eigenvalue weighted by Crippen LogP contribution is 2.01. The van der Waals surface area contributed by atoms with Crippen LogP contribution in [0, 0.1) is 0 Å². The van der Waals surface area contributed by atoms with Crippen LogP contribution in [-0.4, -0.2) is 30.3 Å². The summed E-state index contributed by atoms with van der Waals surface area (Å²) in [4.78, 5) is 25.6. The topological polar surface area (TPSA) is 87.7 Å². The van der Waals surface area contributed by atoms with E-state index in [0.717, 1.165) is 12.8 Å². The van der Waals surface area contributed by atoms with Crippen LogP contribution >= 0.6 is 0 Å². The zero-order chi connectivity index (χ0) is 13.2. The maximum Gasteiger partial charge on any atom is 0.338 e. The van der Waals surface area contributed by atoms with E-state index in [-0.39, 0.29) is 0 Å². The Balaban J connectivity index is 2.04. The molecule has 0 aliphatic carbocycles. The van der Waals surface area contributed by atoms with Gasteiger partial charge in [0, 0.05) is 6.54 Å². The molecule has 2 amide bonds. The summed E-state index contributed by atoms with van der Waals surface area (Å²) in [5.41, 5.74) is 3.19. The highest BCUT2D eigenvalue weighted by atomic mass is 16.7. The number of hydroxylamine groups is 1. The molecule has 6 heteroatoms. The van der Waals surface area contributed by atoms with E-state index < -0.39 is 18.6 Å². The predicted octanol–water partition coefficient (Wildman–Crippen LogP) is 0.935. The third-order valence-electron chi connectivity index (χ3n) is 2.13. The van der Waals surface area contributed by atoms with E-state index in [2.05, 4.69) is 10.2 Å². The van der Waals surface area contributed by atoms with Gasteiger partial charge in [0.25, 0.3) is 0 Å². The van der Waals surface area contributed by atoms with E-state index in [1.807, 2.05) is 35.8 Å². The van der Waals surface area contributed by atoms with Gasteiger partial charge in [0.05, 0.1) is 0 Å². The lowest BCUT2D eigenvalue weighted by Crippen LogP contribution is -2.37. The van der Waals surface area contributed by atoms with Crippen molar-refractivity contribution in [1.82, 2.24) is 10.8 Å². The van der Waals surface area contributed by atoms with Gasteiger partial charge in [0.1, 0.15) is 0 Å². The summed E-state index contributed by atoms with van der Waals surface area (Å²) in [5.74, 6) is -1.14. The van der Waals surface area contributed by atoms with Crippen molar-refractivity contribution in [3.63, 3.8) is 0 Å². The highest BCUT2D eigenvalue weighted by Gasteiger charge is 2.01. The molecule has 0 fully saturated rings. The number of aryl methyl sites for hydroxylation is 1. The minimum absolute atomic E-state index is 0.497. The number of nitrogens with one attached hydrogen (secondary N) is 2. The molecule has 0 radical (unpaired) electrons. The average molecular weight is 252 g/mol. The van der Waals surface area contributed by atoms with Crippen LogP contribution in [0.15, 0.2) is 30.3 Å². The van der Waals surface area contributed by atoms with E-state index in [9.17, 15) is 9.59 Å². The smallest absolute Gasteiger partial charge is 0.338 e. The Morgan fingerprint density at radius 1 is 1.22 bits per heavy atom. The standard InChI is InChI=1S/C12H16N2O4/c15-11(16)9-18-14-12(17)13-8-4-7-10-5-2-1-3-6-10/h1-3,5-6H,4,7-9H2,(H,15,16)(H2,13,14,17). The van der Waals surface area contributed by atoms with Gasteiger partial charge in [-0.15, -0.1) is 0 Å². The fourth-order valence-electron chi connectivity index (χ4n) is 1.34. The lowest BCUT2D eigenvalue weighted by atomic mass is 10.1. The number of carboxylic acid groups (broad SMARTS) is 1. The summed E-state index contributed by atoms with van der Waals surface area (Å²) in [6.45, 7) is -0.0609. The number of rotatable bonds is 7. The first-order valence-electron chi connectivity index (χ1n) is 5.60. The average Bonchev–Trinajstić information content (AvgIpc) is 2.35. The van der Waals surface area contributed by atoms with E-state index >= 15 is 0 Å². The second kappa shape index (κ2) is 8.08. The Labute approximate surface area is 105 Å². The Morgan fingerprint density at radius 3 is 2.61 bits per heavy atom. The molecule has 3 N–H and O–H groups in total. The number of carbonyl (C=O) groups is 2. The number of hydrogen-bond donors (Lipinski definition) is 3. The second-order valence-electron chi connectivity index (χ2n) is 3.63. The number of aliphatic carboxylic acids is 1. The van der Waals surface area contributed by atoms with E-state index in [4.69, 9.17) is 5.11 Å². The van der Waals surface area contributed by atoms with Crippen LogP contribution < -0.4 is 10.8 Å². The van der Waals surface area contributed by atoms with E-state index in [1.165, 1.54) is 5.56 Å². The Hall–Kier alpha value is -2.08. The molecular formula is C12H16N2O4. The van der Waals surface area contributed by atoms with Gasteiger partial charge in [-0.25, -0.2) is 15.1 Å². The Kier molecular flexibility index (Phi) is 6.27. The predicted molar refractivity (Wildman–Crippen MR) is 64.9 cm³/mol. The quantitative estimate of drug-likeness (QED) is 0.497.